The standard InChI is InChI=1S/C15H21NO5S/c1-11(16-14(17)5-3-4-6-15(18)19)12-7-9-13(10-8-12)22(2,20)21/h7-11H,3-6H2,1-2H3,(H,16,17)(H,18,19). The van der Waals surface area contributed by atoms with Gasteiger partial charge in [0.05, 0.1) is 10.9 Å². The highest BCUT2D eigenvalue weighted by atomic mass is 32.2. The summed E-state index contributed by atoms with van der Waals surface area (Å²) in [5, 5.41) is 11.3. The lowest BCUT2D eigenvalue weighted by molar-refractivity contribution is -0.137. The van der Waals surface area contributed by atoms with E-state index >= 15 is 0 Å². The number of unbranched alkanes of at least 4 members (excludes halogenated alkanes) is 1. The number of carbonyl (C=O) groups is 2. The molecular weight excluding hydrogens is 306 g/mol. The van der Waals surface area contributed by atoms with Gasteiger partial charge in [-0.25, -0.2) is 8.42 Å². The van der Waals surface area contributed by atoms with E-state index in [1.54, 1.807) is 12.1 Å². The number of benzene rings is 1. The van der Waals surface area contributed by atoms with E-state index < -0.39 is 15.8 Å². The molecule has 1 aromatic carbocycles. The first kappa shape index (κ1) is 18.2. The highest BCUT2D eigenvalue weighted by molar-refractivity contribution is 7.90. The van der Waals surface area contributed by atoms with Gasteiger partial charge in [0.25, 0.3) is 0 Å². The van der Waals surface area contributed by atoms with E-state index in [1.165, 1.54) is 12.1 Å². The second-order valence-electron chi connectivity index (χ2n) is 5.23. The van der Waals surface area contributed by atoms with Gasteiger partial charge in [-0.15, -0.1) is 0 Å². The number of aliphatic carboxylic acids is 1. The molecule has 0 saturated heterocycles. The van der Waals surface area contributed by atoms with Crippen molar-refractivity contribution >= 4 is 21.7 Å². The molecular formula is C15H21NO5S. The van der Waals surface area contributed by atoms with Crippen molar-refractivity contribution in [1.82, 2.24) is 5.32 Å². The van der Waals surface area contributed by atoms with Gasteiger partial charge in [0, 0.05) is 19.1 Å². The summed E-state index contributed by atoms with van der Waals surface area (Å²) in [5.41, 5.74) is 0.811. The molecule has 0 aliphatic carbocycles. The molecule has 6 nitrogen and oxygen atoms in total. The molecule has 1 aromatic rings. The summed E-state index contributed by atoms with van der Waals surface area (Å²) in [6, 6.07) is 6.14. The summed E-state index contributed by atoms with van der Waals surface area (Å²) in [6.07, 6.45) is 2.48. The van der Waals surface area contributed by atoms with Crippen LogP contribution >= 0.6 is 0 Å². The molecule has 0 radical (unpaired) electrons. The Kier molecular flexibility index (Phi) is 6.55. The van der Waals surface area contributed by atoms with Crippen LogP contribution < -0.4 is 5.32 Å². The van der Waals surface area contributed by atoms with Crippen LogP contribution in [0.2, 0.25) is 0 Å². The summed E-state index contributed by atoms with van der Waals surface area (Å²) in [4.78, 5) is 22.3. The zero-order valence-electron chi connectivity index (χ0n) is 12.7. The average Bonchev–Trinajstić information content (AvgIpc) is 2.42. The molecule has 2 N–H and O–H groups in total. The van der Waals surface area contributed by atoms with Crippen molar-refractivity contribution in [2.45, 2.75) is 43.5 Å². The van der Waals surface area contributed by atoms with Crippen molar-refractivity contribution in [3.05, 3.63) is 29.8 Å². The molecule has 1 amide bonds. The SMILES string of the molecule is CC(NC(=O)CCCCC(=O)O)c1ccc(S(C)(=O)=O)cc1. The van der Waals surface area contributed by atoms with Crippen LogP contribution in [0, 0.1) is 0 Å². The second kappa shape index (κ2) is 7.93. The van der Waals surface area contributed by atoms with E-state index in [0.29, 0.717) is 12.8 Å². The number of sulfone groups is 1. The molecule has 0 aromatic heterocycles. The Morgan fingerprint density at radius 3 is 2.18 bits per heavy atom. The van der Waals surface area contributed by atoms with Gasteiger partial charge < -0.3 is 10.4 Å². The number of hydrogen-bond acceptors (Lipinski definition) is 4. The maximum atomic E-state index is 11.7. The summed E-state index contributed by atoms with van der Waals surface area (Å²) in [7, 11) is -3.23. The predicted molar refractivity (Wildman–Crippen MR) is 82.2 cm³/mol. The van der Waals surface area contributed by atoms with Gasteiger partial charge in [-0.05, 0) is 37.5 Å². The number of carbonyl (C=O) groups excluding carboxylic acids is 1. The lowest BCUT2D eigenvalue weighted by Gasteiger charge is -2.14. The molecule has 7 heteroatoms. The maximum Gasteiger partial charge on any atom is 0.303 e. The van der Waals surface area contributed by atoms with Gasteiger partial charge in [0.1, 0.15) is 0 Å². The Bertz CT molecular complexity index is 622. The fraction of sp³-hybridized carbons (Fsp3) is 0.467. The highest BCUT2D eigenvalue weighted by Gasteiger charge is 2.11. The van der Waals surface area contributed by atoms with E-state index in [4.69, 9.17) is 5.11 Å². The van der Waals surface area contributed by atoms with Crippen LogP contribution in [-0.4, -0.2) is 31.7 Å². The number of amides is 1. The van der Waals surface area contributed by atoms with Crippen LogP contribution in [0.4, 0.5) is 0 Å². The average molecular weight is 327 g/mol. The molecule has 0 aliphatic rings. The normalized spacial score (nSPS) is 12.6. The maximum absolute atomic E-state index is 11.7. The van der Waals surface area contributed by atoms with Crippen LogP contribution in [0.25, 0.3) is 0 Å². The van der Waals surface area contributed by atoms with Gasteiger partial charge in [-0.2, -0.15) is 0 Å². The zero-order valence-corrected chi connectivity index (χ0v) is 13.5. The third kappa shape index (κ3) is 6.26. The van der Waals surface area contributed by atoms with Gasteiger partial charge in [-0.3, -0.25) is 9.59 Å². The minimum atomic E-state index is -3.23. The van der Waals surface area contributed by atoms with Crippen molar-refractivity contribution in [1.29, 1.82) is 0 Å². The molecule has 0 bridgehead atoms. The monoisotopic (exact) mass is 327 g/mol. The van der Waals surface area contributed by atoms with Crippen LogP contribution in [0.1, 0.15) is 44.2 Å². The van der Waals surface area contributed by atoms with Crippen LogP contribution in [0.15, 0.2) is 29.2 Å². The first-order valence-corrected chi connectivity index (χ1v) is 8.90. The molecule has 0 aliphatic heterocycles. The van der Waals surface area contributed by atoms with E-state index in [2.05, 4.69) is 5.32 Å². The van der Waals surface area contributed by atoms with Gasteiger partial charge in [0.15, 0.2) is 9.84 Å². The molecule has 22 heavy (non-hydrogen) atoms. The lowest BCUT2D eigenvalue weighted by atomic mass is 10.1. The zero-order chi connectivity index (χ0) is 16.8. The quantitative estimate of drug-likeness (QED) is 0.710. The minimum absolute atomic E-state index is 0.0653. The number of rotatable bonds is 8. The van der Waals surface area contributed by atoms with Crippen molar-refractivity contribution in [3.8, 4) is 0 Å². The first-order valence-electron chi connectivity index (χ1n) is 7.01. The topological polar surface area (TPSA) is 101 Å². The molecule has 1 unspecified atom stereocenters. The molecule has 122 valence electrons. The summed E-state index contributed by atoms with van der Waals surface area (Å²) in [5.74, 6) is -1.01. The predicted octanol–water partition coefficient (Wildman–Crippen LogP) is 1.91. The summed E-state index contributed by atoms with van der Waals surface area (Å²) in [6.45, 7) is 1.81. The van der Waals surface area contributed by atoms with Crippen LogP contribution in [-0.2, 0) is 19.4 Å². The molecule has 0 heterocycles. The molecule has 0 saturated carbocycles. The van der Waals surface area contributed by atoms with Gasteiger partial charge in [-0.1, -0.05) is 12.1 Å². The van der Waals surface area contributed by atoms with Crippen LogP contribution in [0.5, 0.6) is 0 Å². The molecule has 0 fully saturated rings. The Balaban J connectivity index is 2.49. The molecule has 1 atom stereocenters. The fourth-order valence-electron chi connectivity index (χ4n) is 1.96. The smallest absolute Gasteiger partial charge is 0.303 e. The van der Waals surface area contributed by atoms with E-state index in [9.17, 15) is 18.0 Å². The Hall–Kier alpha value is -1.89. The number of carboxylic acid groups (broad SMARTS) is 1. The van der Waals surface area contributed by atoms with Gasteiger partial charge >= 0.3 is 5.97 Å². The fourth-order valence-corrected chi connectivity index (χ4v) is 2.59. The first-order chi connectivity index (χ1) is 10.2. The Morgan fingerprint density at radius 1 is 1.14 bits per heavy atom. The minimum Gasteiger partial charge on any atom is -0.481 e. The van der Waals surface area contributed by atoms with Crippen molar-refractivity contribution < 1.29 is 23.1 Å². The summed E-state index contributed by atoms with van der Waals surface area (Å²) < 4.78 is 22.7. The van der Waals surface area contributed by atoms with Crippen LogP contribution in [0.3, 0.4) is 0 Å². The van der Waals surface area contributed by atoms with Crippen molar-refractivity contribution in [2.24, 2.45) is 0 Å². The van der Waals surface area contributed by atoms with Gasteiger partial charge in [0.2, 0.25) is 5.91 Å². The van der Waals surface area contributed by atoms with E-state index in [-0.39, 0.29) is 29.7 Å². The Labute approximate surface area is 130 Å². The molecule has 0 spiro atoms. The highest BCUT2D eigenvalue weighted by Crippen LogP contribution is 2.16. The second-order valence-corrected chi connectivity index (χ2v) is 7.25. The third-order valence-electron chi connectivity index (χ3n) is 3.23. The third-order valence-corrected chi connectivity index (χ3v) is 4.36. The van der Waals surface area contributed by atoms with E-state index in [0.717, 1.165) is 11.8 Å². The van der Waals surface area contributed by atoms with Crippen molar-refractivity contribution in [3.63, 3.8) is 0 Å². The van der Waals surface area contributed by atoms with E-state index in [1.807, 2.05) is 6.92 Å². The largest absolute Gasteiger partial charge is 0.481 e. The number of carboxylic acids is 1. The molecule has 1 rings (SSSR count). The summed E-state index contributed by atoms with van der Waals surface area (Å²) >= 11 is 0. The lowest BCUT2D eigenvalue weighted by Crippen LogP contribution is -2.26. The number of hydrogen-bond donors (Lipinski definition) is 2. The Morgan fingerprint density at radius 2 is 1.68 bits per heavy atom. The number of nitrogens with one attached hydrogen (secondary N) is 1. The van der Waals surface area contributed by atoms with Crippen molar-refractivity contribution in [2.75, 3.05) is 6.26 Å².